The second-order valence-corrected chi connectivity index (χ2v) is 4.70. The molecule has 3 nitrogen and oxygen atoms in total. The molecule has 1 unspecified atom stereocenters. The van der Waals surface area contributed by atoms with Gasteiger partial charge in [0, 0.05) is 0 Å². The molecule has 1 aromatic rings. The number of hydrogen-bond acceptors (Lipinski definition) is 3. The van der Waals surface area contributed by atoms with Crippen molar-refractivity contribution in [2.45, 2.75) is 26.7 Å². The van der Waals surface area contributed by atoms with Crippen molar-refractivity contribution in [1.29, 1.82) is 0 Å². The van der Waals surface area contributed by atoms with Crippen LogP contribution >= 0.6 is 0 Å². The summed E-state index contributed by atoms with van der Waals surface area (Å²) in [7, 11) is 1.69. The number of nitrogens with two attached hydrogens (primary N) is 2. The van der Waals surface area contributed by atoms with Crippen LogP contribution in [0.4, 0.5) is 0 Å². The zero-order valence-corrected chi connectivity index (χ0v) is 11.3. The minimum Gasteiger partial charge on any atom is -0.497 e. The largest absolute Gasteiger partial charge is 0.497 e. The van der Waals surface area contributed by atoms with E-state index < -0.39 is 0 Å². The van der Waals surface area contributed by atoms with Crippen LogP contribution in [0.15, 0.2) is 12.1 Å². The van der Waals surface area contributed by atoms with Crippen LogP contribution in [0.1, 0.15) is 29.5 Å². The van der Waals surface area contributed by atoms with E-state index in [0.717, 1.165) is 5.75 Å². The molecule has 17 heavy (non-hydrogen) atoms. The SMILES string of the molecule is COc1cc(C)c(C(C)C(CN)CN)c(C)c1. The number of aryl methyl sites for hydroxylation is 2. The standard InChI is InChI=1S/C14H24N2O/c1-9-5-13(17-4)6-10(2)14(9)11(3)12(7-15)8-16/h5-6,11-12H,7-8,15-16H2,1-4H3. The summed E-state index contributed by atoms with van der Waals surface area (Å²) in [6, 6.07) is 4.14. The van der Waals surface area contributed by atoms with Gasteiger partial charge in [-0.2, -0.15) is 0 Å². The van der Waals surface area contributed by atoms with Crippen molar-refractivity contribution in [2.24, 2.45) is 17.4 Å². The molecule has 0 aromatic heterocycles. The third kappa shape index (κ3) is 2.99. The molecule has 0 aliphatic heterocycles. The molecule has 0 saturated heterocycles. The van der Waals surface area contributed by atoms with Crippen molar-refractivity contribution >= 4 is 0 Å². The van der Waals surface area contributed by atoms with Gasteiger partial charge in [-0.05, 0) is 67.6 Å². The maximum Gasteiger partial charge on any atom is 0.119 e. The first-order valence-electron chi connectivity index (χ1n) is 6.10. The Balaban J connectivity index is 3.13. The lowest BCUT2D eigenvalue weighted by Gasteiger charge is -2.25. The highest BCUT2D eigenvalue weighted by Gasteiger charge is 2.20. The average molecular weight is 236 g/mol. The zero-order valence-electron chi connectivity index (χ0n) is 11.3. The van der Waals surface area contributed by atoms with Crippen LogP contribution in [0, 0.1) is 19.8 Å². The van der Waals surface area contributed by atoms with Gasteiger partial charge in [-0.1, -0.05) is 6.92 Å². The van der Waals surface area contributed by atoms with E-state index in [4.69, 9.17) is 16.2 Å². The normalized spacial score (nSPS) is 12.9. The molecule has 4 N–H and O–H groups in total. The fourth-order valence-corrected chi connectivity index (χ4v) is 2.51. The van der Waals surface area contributed by atoms with Gasteiger partial charge in [0.2, 0.25) is 0 Å². The molecule has 0 aliphatic carbocycles. The van der Waals surface area contributed by atoms with Gasteiger partial charge in [-0.25, -0.2) is 0 Å². The molecule has 0 heterocycles. The molecule has 96 valence electrons. The van der Waals surface area contributed by atoms with Crippen LogP contribution in [-0.4, -0.2) is 20.2 Å². The van der Waals surface area contributed by atoms with Gasteiger partial charge in [0.05, 0.1) is 7.11 Å². The van der Waals surface area contributed by atoms with Crippen molar-refractivity contribution in [3.05, 3.63) is 28.8 Å². The van der Waals surface area contributed by atoms with Gasteiger partial charge >= 0.3 is 0 Å². The lowest BCUT2D eigenvalue weighted by molar-refractivity contribution is 0.412. The summed E-state index contributed by atoms with van der Waals surface area (Å²) in [5.74, 6) is 1.63. The third-order valence-electron chi connectivity index (χ3n) is 3.57. The van der Waals surface area contributed by atoms with E-state index >= 15 is 0 Å². The third-order valence-corrected chi connectivity index (χ3v) is 3.57. The molecule has 1 aromatic carbocycles. The van der Waals surface area contributed by atoms with Gasteiger partial charge in [0.15, 0.2) is 0 Å². The Bertz CT molecular complexity index is 349. The van der Waals surface area contributed by atoms with E-state index in [1.807, 2.05) is 0 Å². The van der Waals surface area contributed by atoms with Gasteiger partial charge < -0.3 is 16.2 Å². The summed E-state index contributed by atoms with van der Waals surface area (Å²) in [5.41, 5.74) is 15.4. The van der Waals surface area contributed by atoms with E-state index in [1.54, 1.807) is 7.11 Å². The van der Waals surface area contributed by atoms with Gasteiger partial charge in [0.1, 0.15) is 5.75 Å². The molecule has 0 fully saturated rings. The van der Waals surface area contributed by atoms with E-state index in [-0.39, 0.29) is 0 Å². The highest BCUT2D eigenvalue weighted by atomic mass is 16.5. The van der Waals surface area contributed by atoms with Crippen LogP contribution in [0.3, 0.4) is 0 Å². The van der Waals surface area contributed by atoms with Crippen molar-refractivity contribution < 1.29 is 4.74 Å². The molecule has 1 rings (SSSR count). The molecule has 0 saturated carbocycles. The van der Waals surface area contributed by atoms with Crippen molar-refractivity contribution in [3.8, 4) is 5.75 Å². The first-order valence-corrected chi connectivity index (χ1v) is 6.10. The maximum atomic E-state index is 5.77. The predicted molar refractivity (Wildman–Crippen MR) is 72.5 cm³/mol. The van der Waals surface area contributed by atoms with E-state index in [1.165, 1.54) is 16.7 Å². The van der Waals surface area contributed by atoms with Crippen molar-refractivity contribution in [3.63, 3.8) is 0 Å². The smallest absolute Gasteiger partial charge is 0.119 e. The quantitative estimate of drug-likeness (QED) is 0.821. The molecule has 3 heteroatoms. The summed E-state index contributed by atoms with van der Waals surface area (Å²) < 4.78 is 5.27. The molecule has 1 atom stereocenters. The minimum absolute atomic E-state index is 0.334. The van der Waals surface area contributed by atoms with E-state index in [9.17, 15) is 0 Å². The number of rotatable bonds is 5. The molecule has 0 radical (unpaired) electrons. The predicted octanol–water partition coefficient (Wildman–Crippen LogP) is 1.95. The highest BCUT2D eigenvalue weighted by molar-refractivity contribution is 5.43. The van der Waals surface area contributed by atoms with Crippen molar-refractivity contribution in [2.75, 3.05) is 20.2 Å². The second-order valence-electron chi connectivity index (χ2n) is 4.70. The number of ether oxygens (including phenoxy) is 1. The Labute approximate surface area is 104 Å². The Kier molecular flexibility index (Phi) is 4.97. The topological polar surface area (TPSA) is 61.3 Å². The van der Waals surface area contributed by atoms with E-state index in [2.05, 4.69) is 32.9 Å². The van der Waals surface area contributed by atoms with Crippen LogP contribution in [0.25, 0.3) is 0 Å². The minimum atomic E-state index is 0.334. The first kappa shape index (κ1) is 14.0. The van der Waals surface area contributed by atoms with Crippen molar-refractivity contribution in [1.82, 2.24) is 0 Å². The first-order chi connectivity index (χ1) is 8.04. The van der Waals surface area contributed by atoms with E-state index in [0.29, 0.717) is 24.9 Å². The van der Waals surface area contributed by atoms with Gasteiger partial charge in [-0.3, -0.25) is 0 Å². The number of benzene rings is 1. The molecule has 0 spiro atoms. The fraction of sp³-hybridized carbons (Fsp3) is 0.571. The maximum absolute atomic E-state index is 5.77. The lowest BCUT2D eigenvalue weighted by Crippen LogP contribution is -2.28. The van der Waals surface area contributed by atoms with Crippen LogP contribution in [0.5, 0.6) is 5.75 Å². The Hall–Kier alpha value is -1.06. The zero-order chi connectivity index (χ0) is 13.0. The molecule has 0 amide bonds. The summed E-state index contributed by atoms with van der Waals surface area (Å²) in [6.07, 6.45) is 0. The monoisotopic (exact) mass is 236 g/mol. The van der Waals surface area contributed by atoms with Crippen LogP contribution < -0.4 is 16.2 Å². The Morgan fingerprint density at radius 3 is 1.94 bits per heavy atom. The summed E-state index contributed by atoms with van der Waals surface area (Å²) >= 11 is 0. The Morgan fingerprint density at radius 1 is 1.12 bits per heavy atom. The molecule has 0 aliphatic rings. The molecular weight excluding hydrogens is 212 g/mol. The van der Waals surface area contributed by atoms with Gasteiger partial charge in [0.25, 0.3) is 0 Å². The number of methoxy groups -OCH3 is 1. The molecular formula is C14H24N2O. The van der Waals surface area contributed by atoms with Crippen LogP contribution in [0.2, 0.25) is 0 Å². The fourth-order valence-electron chi connectivity index (χ4n) is 2.51. The van der Waals surface area contributed by atoms with Gasteiger partial charge in [-0.15, -0.1) is 0 Å². The summed E-state index contributed by atoms with van der Waals surface area (Å²) in [6.45, 7) is 7.69. The van der Waals surface area contributed by atoms with Crippen LogP contribution in [-0.2, 0) is 0 Å². The Morgan fingerprint density at radius 2 is 1.59 bits per heavy atom. The average Bonchev–Trinajstić information content (AvgIpc) is 2.29. The highest BCUT2D eigenvalue weighted by Crippen LogP contribution is 2.31. The summed E-state index contributed by atoms with van der Waals surface area (Å²) in [4.78, 5) is 0. The number of hydrogen-bond donors (Lipinski definition) is 2. The summed E-state index contributed by atoms with van der Waals surface area (Å²) in [5, 5.41) is 0. The second kappa shape index (κ2) is 6.03. The molecule has 0 bridgehead atoms. The lowest BCUT2D eigenvalue weighted by atomic mass is 9.83.